The number of phenols is 1. The van der Waals surface area contributed by atoms with Crippen molar-refractivity contribution in [2.45, 2.75) is 57.3 Å². The molecular weight excluding hydrogens is 303 g/mol. The highest BCUT2D eigenvalue weighted by atomic mass is 19.1. The van der Waals surface area contributed by atoms with E-state index in [4.69, 9.17) is 4.74 Å². The molecule has 3 rings (SSSR count). The standard InChI is InChI=1S/C21H29FO2/c1-3-14-4-6-15(7-5-14)16-8-10-17(11-9-16)18-12-13-19(23)21(24-2)20(18)22/h3,12-17,23H,1,4-11H2,2H3. The van der Waals surface area contributed by atoms with Crippen molar-refractivity contribution in [1.82, 2.24) is 0 Å². The van der Waals surface area contributed by atoms with Crippen LogP contribution < -0.4 is 4.74 Å². The Morgan fingerprint density at radius 3 is 2.17 bits per heavy atom. The predicted octanol–water partition coefficient (Wildman–Crippen LogP) is 5.81. The third-order valence-corrected chi connectivity index (χ3v) is 6.34. The summed E-state index contributed by atoms with van der Waals surface area (Å²) in [4.78, 5) is 0. The van der Waals surface area contributed by atoms with Gasteiger partial charge in [-0.1, -0.05) is 12.1 Å². The van der Waals surface area contributed by atoms with Crippen molar-refractivity contribution in [3.05, 3.63) is 36.2 Å². The van der Waals surface area contributed by atoms with Gasteiger partial charge in [0.05, 0.1) is 7.11 Å². The number of benzene rings is 1. The third kappa shape index (κ3) is 3.45. The van der Waals surface area contributed by atoms with Crippen LogP contribution in [0.2, 0.25) is 0 Å². The molecule has 0 spiro atoms. The molecule has 24 heavy (non-hydrogen) atoms. The number of allylic oxidation sites excluding steroid dienone is 1. The Morgan fingerprint density at radius 1 is 1.04 bits per heavy atom. The molecule has 132 valence electrons. The summed E-state index contributed by atoms with van der Waals surface area (Å²) in [7, 11) is 1.40. The van der Waals surface area contributed by atoms with E-state index in [1.165, 1.54) is 45.6 Å². The minimum absolute atomic E-state index is 0.0163. The fourth-order valence-corrected chi connectivity index (χ4v) is 4.82. The first-order valence-corrected chi connectivity index (χ1v) is 9.32. The monoisotopic (exact) mass is 332 g/mol. The van der Waals surface area contributed by atoms with Crippen LogP contribution in [0.4, 0.5) is 4.39 Å². The first-order chi connectivity index (χ1) is 11.6. The second-order valence-electron chi connectivity index (χ2n) is 7.54. The Hall–Kier alpha value is -1.51. The van der Waals surface area contributed by atoms with Crippen LogP contribution >= 0.6 is 0 Å². The lowest BCUT2D eigenvalue weighted by Gasteiger charge is -2.37. The van der Waals surface area contributed by atoms with Crippen LogP contribution in [0.5, 0.6) is 11.5 Å². The molecule has 1 aromatic carbocycles. The Morgan fingerprint density at radius 2 is 1.62 bits per heavy atom. The molecule has 0 amide bonds. The Bertz CT molecular complexity index is 567. The van der Waals surface area contributed by atoms with Gasteiger partial charge in [0.1, 0.15) is 0 Å². The van der Waals surface area contributed by atoms with E-state index < -0.39 is 0 Å². The molecule has 0 saturated heterocycles. The zero-order chi connectivity index (χ0) is 17.1. The van der Waals surface area contributed by atoms with Gasteiger partial charge in [-0.15, -0.1) is 6.58 Å². The molecule has 2 saturated carbocycles. The van der Waals surface area contributed by atoms with E-state index in [1.54, 1.807) is 12.1 Å². The largest absolute Gasteiger partial charge is 0.504 e. The number of halogens is 1. The summed E-state index contributed by atoms with van der Waals surface area (Å²) in [5.74, 6) is 2.10. The summed E-state index contributed by atoms with van der Waals surface area (Å²) in [6.45, 7) is 3.93. The lowest BCUT2D eigenvalue weighted by atomic mass is 9.68. The molecule has 0 heterocycles. The van der Waals surface area contributed by atoms with E-state index in [2.05, 4.69) is 12.7 Å². The molecule has 2 fully saturated rings. The molecule has 3 heteroatoms. The molecule has 1 aromatic rings. The molecule has 2 nitrogen and oxygen atoms in total. The Labute approximate surface area is 144 Å². The molecule has 1 N–H and O–H groups in total. The lowest BCUT2D eigenvalue weighted by molar-refractivity contribution is 0.170. The summed E-state index contributed by atoms with van der Waals surface area (Å²) in [6.07, 6.45) is 11.8. The number of methoxy groups -OCH3 is 1. The highest BCUT2D eigenvalue weighted by Crippen LogP contribution is 2.45. The average Bonchev–Trinajstić information content (AvgIpc) is 2.63. The molecule has 0 radical (unpaired) electrons. The van der Waals surface area contributed by atoms with Gasteiger partial charge in [-0.05, 0) is 86.7 Å². The van der Waals surface area contributed by atoms with E-state index in [0.717, 1.165) is 30.6 Å². The van der Waals surface area contributed by atoms with Crippen LogP contribution in [0.25, 0.3) is 0 Å². The molecule has 0 aromatic heterocycles. The SMILES string of the molecule is C=CC1CCC(C2CCC(c3ccc(O)c(OC)c3F)CC2)CC1. The molecule has 0 unspecified atom stereocenters. The number of ether oxygens (including phenoxy) is 1. The van der Waals surface area contributed by atoms with Crippen LogP contribution in [0.1, 0.15) is 62.8 Å². The van der Waals surface area contributed by atoms with Crippen molar-refractivity contribution in [1.29, 1.82) is 0 Å². The minimum Gasteiger partial charge on any atom is -0.504 e. The zero-order valence-electron chi connectivity index (χ0n) is 14.6. The van der Waals surface area contributed by atoms with Crippen molar-refractivity contribution in [3.63, 3.8) is 0 Å². The van der Waals surface area contributed by atoms with Gasteiger partial charge in [-0.2, -0.15) is 0 Å². The van der Waals surface area contributed by atoms with Crippen LogP contribution in [0.15, 0.2) is 24.8 Å². The number of aromatic hydroxyl groups is 1. The number of hydrogen-bond acceptors (Lipinski definition) is 2. The molecular formula is C21H29FO2. The lowest BCUT2D eigenvalue weighted by Crippen LogP contribution is -2.25. The van der Waals surface area contributed by atoms with Gasteiger partial charge in [-0.25, -0.2) is 4.39 Å². The third-order valence-electron chi connectivity index (χ3n) is 6.34. The van der Waals surface area contributed by atoms with Gasteiger partial charge in [-0.3, -0.25) is 0 Å². The number of rotatable bonds is 4. The normalized spacial score (nSPS) is 30.8. The van der Waals surface area contributed by atoms with E-state index in [-0.39, 0.29) is 23.2 Å². The van der Waals surface area contributed by atoms with E-state index in [9.17, 15) is 9.50 Å². The maximum atomic E-state index is 14.6. The summed E-state index contributed by atoms with van der Waals surface area (Å²) in [5, 5.41) is 9.70. The highest BCUT2D eigenvalue weighted by molar-refractivity contribution is 5.44. The maximum absolute atomic E-state index is 14.6. The van der Waals surface area contributed by atoms with Crippen LogP contribution in [0.3, 0.4) is 0 Å². The molecule has 0 bridgehead atoms. The van der Waals surface area contributed by atoms with Gasteiger partial charge in [0.15, 0.2) is 17.3 Å². The fourth-order valence-electron chi connectivity index (χ4n) is 4.82. The van der Waals surface area contributed by atoms with Gasteiger partial charge < -0.3 is 9.84 Å². The smallest absolute Gasteiger partial charge is 0.196 e. The number of phenolic OH excluding ortho intramolecular Hbond substituents is 1. The predicted molar refractivity (Wildman–Crippen MR) is 95.0 cm³/mol. The van der Waals surface area contributed by atoms with Crippen molar-refractivity contribution < 1.29 is 14.2 Å². The van der Waals surface area contributed by atoms with E-state index >= 15 is 0 Å². The van der Waals surface area contributed by atoms with Gasteiger partial charge in [0.2, 0.25) is 0 Å². The van der Waals surface area contributed by atoms with Crippen molar-refractivity contribution >= 4 is 0 Å². The van der Waals surface area contributed by atoms with E-state index in [0.29, 0.717) is 5.56 Å². The van der Waals surface area contributed by atoms with Crippen LogP contribution in [-0.4, -0.2) is 12.2 Å². The van der Waals surface area contributed by atoms with Gasteiger partial charge in [0, 0.05) is 0 Å². The summed E-state index contributed by atoms with van der Waals surface area (Å²) in [5.41, 5.74) is 0.707. The van der Waals surface area contributed by atoms with E-state index in [1.807, 2.05) is 0 Å². The Balaban J connectivity index is 1.60. The zero-order valence-corrected chi connectivity index (χ0v) is 14.6. The topological polar surface area (TPSA) is 29.5 Å². The summed E-state index contributed by atoms with van der Waals surface area (Å²) in [6, 6.07) is 3.29. The molecule has 0 atom stereocenters. The van der Waals surface area contributed by atoms with Gasteiger partial charge >= 0.3 is 0 Å². The van der Waals surface area contributed by atoms with Crippen LogP contribution in [0, 0.1) is 23.6 Å². The molecule has 2 aliphatic carbocycles. The first-order valence-electron chi connectivity index (χ1n) is 9.32. The summed E-state index contributed by atoms with van der Waals surface area (Å²) >= 11 is 0. The quantitative estimate of drug-likeness (QED) is 0.705. The Kier molecular flexibility index (Phi) is 5.47. The number of hydrogen-bond donors (Lipinski definition) is 1. The fraction of sp³-hybridized carbons (Fsp3) is 0.619. The summed E-state index contributed by atoms with van der Waals surface area (Å²) < 4.78 is 19.6. The second-order valence-corrected chi connectivity index (χ2v) is 7.54. The molecule has 0 aliphatic heterocycles. The van der Waals surface area contributed by atoms with Crippen molar-refractivity contribution in [2.24, 2.45) is 17.8 Å². The van der Waals surface area contributed by atoms with Crippen molar-refractivity contribution in [3.8, 4) is 11.5 Å². The molecule has 2 aliphatic rings. The highest BCUT2D eigenvalue weighted by Gasteiger charge is 2.32. The van der Waals surface area contributed by atoms with Crippen molar-refractivity contribution in [2.75, 3.05) is 7.11 Å². The van der Waals surface area contributed by atoms with Gasteiger partial charge in [0.25, 0.3) is 0 Å². The second kappa shape index (κ2) is 7.58. The maximum Gasteiger partial charge on any atom is 0.196 e. The average molecular weight is 332 g/mol. The minimum atomic E-state index is -0.382. The van der Waals surface area contributed by atoms with Crippen LogP contribution in [-0.2, 0) is 0 Å². The first kappa shape index (κ1) is 17.3.